The first-order valence-corrected chi connectivity index (χ1v) is 11.8. The Morgan fingerprint density at radius 2 is 1.73 bits per heavy atom. The quantitative estimate of drug-likeness (QED) is 0.715. The Balaban J connectivity index is 1.92. The van der Waals surface area contributed by atoms with Crippen LogP contribution in [0.1, 0.15) is 45.6 Å². The van der Waals surface area contributed by atoms with Crippen LogP contribution in [-0.4, -0.2) is 38.3 Å². The standard InChI is InChI=1S/C23H30N2O4S/c1-4-29-21-14-13-19(30(27,28)25-15-9-6-10-16-25)17-20(21)24-22(26)23(2,3)18-11-7-5-8-12-18/h5,7-8,11-14,17H,4,6,9-10,15-16H2,1-3H3,(H,24,26). The number of nitrogens with one attached hydrogen (secondary N) is 1. The zero-order valence-electron chi connectivity index (χ0n) is 17.8. The molecule has 1 amide bonds. The Morgan fingerprint density at radius 3 is 2.37 bits per heavy atom. The summed E-state index contributed by atoms with van der Waals surface area (Å²) >= 11 is 0. The fourth-order valence-corrected chi connectivity index (χ4v) is 5.11. The van der Waals surface area contributed by atoms with Gasteiger partial charge in [0.25, 0.3) is 0 Å². The summed E-state index contributed by atoms with van der Waals surface area (Å²) in [5, 5.41) is 2.90. The average Bonchev–Trinajstić information content (AvgIpc) is 2.76. The Labute approximate surface area is 179 Å². The molecular formula is C23H30N2O4S. The minimum Gasteiger partial charge on any atom is -0.492 e. The van der Waals surface area contributed by atoms with Crippen molar-refractivity contribution >= 4 is 21.6 Å². The maximum absolute atomic E-state index is 13.1. The number of anilines is 1. The number of nitrogens with zero attached hydrogens (tertiary/aromatic N) is 1. The lowest BCUT2D eigenvalue weighted by molar-refractivity contribution is -0.120. The molecule has 1 N–H and O–H groups in total. The first-order valence-electron chi connectivity index (χ1n) is 10.4. The van der Waals surface area contributed by atoms with Gasteiger partial charge in [-0.05, 0) is 57.4 Å². The van der Waals surface area contributed by atoms with E-state index in [1.54, 1.807) is 12.1 Å². The highest BCUT2D eigenvalue weighted by molar-refractivity contribution is 7.89. The average molecular weight is 431 g/mol. The first-order chi connectivity index (χ1) is 14.3. The molecule has 30 heavy (non-hydrogen) atoms. The van der Waals surface area contributed by atoms with Crippen LogP contribution in [0.3, 0.4) is 0 Å². The number of benzene rings is 2. The Hall–Kier alpha value is -2.38. The van der Waals surface area contributed by atoms with Crippen molar-refractivity contribution in [2.75, 3.05) is 25.0 Å². The zero-order valence-corrected chi connectivity index (χ0v) is 18.7. The van der Waals surface area contributed by atoms with Crippen LogP contribution in [0.25, 0.3) is 0 Å². The molecule has 6 nitrogen and oxygen atoms in total. The number of ether oxygens (including phenoxy) is 1. The lowest BCUT2D eigenvalue weighted by Gasteiger charge is -2.27. The van der Waals surface area contributed by atoms with Gasteiger partial charge in [-0.2, -0.15) is 4.31 Å². The second-order valence-electron chi connectivity index (χ2n) is 8.00. The number of carbonyl (C=O) groups excluding carboxylic acids is 1. The Morgan fingerprint density at radius 1 is 1.07 bits per heavy atom. The summed E-state index contributed by atoms with van der Waals surface area (Å²) in [6.07, 6.45) is 2.78. The summed E-state index contributed by atoms with van der Waals surface area (Å²) in [5.41, 5.74) is 0.438. The molecule has 0 unspecified atom stereocenters. The van der Waals surface area contributed by atoms with Gasteiger partial charge in [0.2, 0.25) is 15.9 Å². The van der Waals surface area contributed by atoms with Crippen molar-refractivity contribution in [3.8, 4) is 5.75 Å². The number of carbonyl (C=O) groups is 1. The van der Waals surface area contributed by atoms with Crippen LogP contribution in [0.4, 0.5) is 5.69 Å². The summed E-state index contributed by atoms with van der Waals surface area (Å²) in [4.78, 5) is 13.3. The van der Waals surface area contributed by atoms with Crippen LogP contribution in [0.5, 0.6) is 5.75 Å². The normalized spacial score (nSPS) is 15.6. The summed E-state index contributed by atoms with van der Waals surface area (Å²) in [6.45, 7) is 6.98. The van der Waals surface area contributed by atoms with Crippen molar-refractivity contribution < 1.29 is 17.9 Å². The summed E-state index contributed by atoms with van der Waals surface area (Å²) in [6, 6.07) is 14.2. The smallest absolute Gasteiger partial charge is 0.243 e. The second-order valence-corrected chi connectivity index (χ2v) is 9.94. The fraction of sp³-hybridized carbons (Fsp3) is 0.435. The zero-order chi connectivity index (χ0) is 21.8. The molecule has 1 aliphatic rings. The summed E-state index contributed by atoms with van der Waals surface area (Å²) in [5.74, 6) is 0.217. The number of hydrogen-bond acceptors (Lipinski definition) is 4. The van der Waals surface area contributed by atoms with E-state index in [2.05, 4.69) is 5.32 Å². The van der Waals surface area contributed by atoms with Crippen LogP contribution in [-0.2, 0) is 20.2 Å². The minimum atomic E-state index is -3.61. The molecule has 7 heteroatoms. The van der Waals surface area contributed by atoms with Crippen LogP contribution in [0, 0.1) is 0 Å². The van der Waals surface area contributed by atoms with Gasteiger partial charge >= 0.3 is 0 Å². The van der Waals surface area contributed by atoms with Crippen molar-refractivity contribution in [3.05, 3.63) is 54.1 Å². The predicted molar refractivity (Wildman–Crippen MR) is 118 cm³/mol. The lowest BCUT2D eigenvalue weighted by atomic mass is 9.83. The molecule has 1 aliphatic heterocycles. The predicted octanol–water partition coefficient (Wildman–Crippen LogP) is 4.18. The highest BCUT2D eigenvalue weighted by atomic mass is 32.2. The molecule has 1 fully saturated rings. The Kier molecular flexibility index (Phi) is 6.83. The maximum Gasteiger partial charge on any atom is 0.243 e. The summed E-state index contributed by atoms with van der Waals surface area (Å²) in [7, 11) is -3.61. The first kappa shape index (κ1) is 22.3. The molecule has 0 spiro atoms. The Bertz CT molecular complexity index is 982. The van der Waals surface area contributed by atoms with Gasteiger partial charge in [0.1, 0.15) is 5.75 Å². The molecule has 2 aromatic carbocycles. The van der Waals surface area contributed by atoms with E-state index in [4.69, 9.17) is 4.74 Å². The second kappa shape index (κ2) is 9.18. The fourth-order valence-electron chi connectivity index (χ4n) is 3.57. The van der Waals surface area contributed by atoms with Crippen LogP contribution in [0.2, 0.25) is 0 Å². The molecule has 0 aromatic heterocycles. The molecule has 0 bridgehead atoms. The van der Waals surface area contributed by atoms with Crippen molar-refractivity contribution in [2.24, 2.45) is 0 Å². The van der Waals surface area contributed by atoms with Crippen LogP contribution >= 0.6 is 0 Å². The minimum absolute atomic E-state index is 0.167. The van der Waals surface area contributed by atoms with E-state index < -0.39 is 15.4 Å². The van der Waals surface area contributed by atoms with Gasteiger partial charge < -0.3 is 10.1 Å². The molecule has 0 atom stereocenters. The molecule has 0 saturated carbocycles. The van der Waals surface area contributed by atoms with Gasteiger partial charge in [-0.15, -0.1) is 0 Å². The summed E-state index contributed by atoms with van der Waals surface area (Å²) < 4.78 is 33.3. The van der Waals surface area contributed by atoms with E-state index >= 15 is 0 Å². The highest BCUT2D eigenvalue weighted by Gasteiger charge is 2.31. The third-order valence-corrected chi connectivity index (χ3v) is 7.41. The van der Waals surface area contributed by atoms with E-state index in [-0.39, 0.29) is 10.8 Å². The van der Waals surface area contributed by atoms with Gasteiger partial charge in [0, 0.05) is 13.1 Å². The molecular weight excluding hydrogens is 400 g/mol. The van der Waals surface area contributed by atoms with Gasteiger partial charge in [-0.3, -0.25) is 4.79 Å². The third-order valence-electron chi connectivity index (χ3n) is 5.52. The molecule has 1 heterocycles. The van der Waals surface area contributed by atoms with Gasteiger partial charge in [-0.1, -0.05) is 36.8 Å². The number of hydrogen-bond donors (Lipinski definition) is 1. The van der Waals surface area contributed by atoms with Crippen LogP contribution < -0.4 is 10.1 Å². The highest BCUT2D eigenvalue weighted by Crippen LogP contribution is 2.32. The number of piperidine rings is 1. The molecule has 0 radical (unpaired) electrons. The third kappa shape index (κ3) is 4.68. The van der Waals surface area contributed by atoms with Crippen molar-refractivity contribution in [1.82, 2.24) is 4.31 Å². The van der Waals surface area contributed by atoms with Crippen molar-refractivity contribution in [3.63, 3.8) is 0 Å². The molecule has 162 valence electrons. The molecule has 2 aromatic rings. The van der Waals surface area contributed by atoms with Gasteiger partial charge in [-0.25, -0.2) is 8.42 Å². The van der Waals surface area contributed by atoms with Crippen LogP contribution in [0.15, 0.2) is 53.4 Å². The monoisotopic (exact) mass is 430 g/mol. The van der Waals surface area contributed by atoms with Gasteiger partial charge in [0.15, 0.2) is 0 Å². The van der Waals surface area contributed by atoms with E-state index in [1.807, 2.05) is 51.1 Å². The van der Waals surface area contributed by atoms with Crippen molar-refractivity contribution in [1.29, 1.82) is 0 Å². The van der Waals surface area contributed by atoms with E-state index in [0.717, 1.165) is 24.8 Å². The van der Waals surface area contributed by atoms with Gasteiger partial charge in [0.05, 0.1) is 22.6 Å². The maximum atomic E-state index is 13.1. The molecule has 3 rings (SSSR count). The van der Waals surface area contributed by atoms with E-state index in [0.29, 0.717) is 31.1 Å². The number of rotatable bonds is 7. The van der Waals surface area contributed by atoms with E-state index in [9.17, 15) is 13.2 Å². The van der Waals surface area contributed by atoms with E-state index in [1.165, 1.54) is 10.4 Å². The number of amides is 1. The SMILES string of the molecule is CCOc1ccc(S(=O)(=O)N2CCCCC2)cc1NC(=O)C(C)(C)c1ccccc1. The largest absolute Gasteiger partial charge is 0.492 e. The number of sulfonamides is 1. The molecule has 1 saturated heterocycles. The molecule has 0 aliphatic carbocycles. The van der Waals surface area contributed by atoms with Crippen molar-refractivity contribution in [2.45, 2.75) is 50.3 Å². The lowest BCUT2D eigenvalue weighted by Crippen LogP contribution is -2.36. The topological polar surface area (TPSA) is 75.7 Å².